The molecule has 0 aromatic heterocycles. The summed E-state index contributed by atoms with van der Waals surface area (Å²) in [6.07, 6.45) is 20.0. The van der Waals surface area contributed by atoms with E-state index in [1.54, 1.807) is 0 Å². The van der Waals surface area contributed by atoms with Crippen LogP contribution in [-0.4, -0.2) is 25.2 Å². The Bertz CT molecular complexity index is 433. The molecule has 0 aliphatic rings. The van der Waals surface area contributed by atoms with Gasteiger partial charge in [-0.3, -0.25) is 9.59 Å². The van der Waals surface area contributed by atoms with Crippen LogP contribution in [0.5, 0.6) is 0 Å². The maximum absolute atomic E-state index is 11.8. The van der Waals surface area contributed by atoms with Crippen LogP contribution in [0.3, 0.4) is 0 Å². The maximum Gasteiger partial charge on any atom is 0.305 e. The molecule has 0 spiro atoms. The SMILES string of the molecule is CCCCOC(=O)CCCCCCCCCCCCC(CCC(=O)OCCCC)C(C)C. The number of esters is 2. The van der Waals surface area contributed by atoms with Crippen molar-refractivity contribution in [2.75, 3.05) is 13.2 Å². The van der Waals surface area contributed by atoms with Crippen molar-refractivity contribution in [1.82, 2.24) is 0 Å². The van der Waals surface area contributed by atoms with E-state index in [-0.39, 0.29) is 11.9 Å². The molecule has 0 aromatic carbocycles. The van der Waals surface area contributed by atoms with Crippen molar-refractivity contribution in [2.24, 2.45) is 11.8 Å². The molecule has 0 saturated carbocycles. The normalized spacial score (nSPS) is 12.2. The summed E-state index contributed by atoms with van der Waals surface area (Å²) in [4.78, 5) is 23.4. The summed E-state index contributed by atoms with van der Waals surface area (Å²) in [6.45, 7) is 9.94. The zero-order valence-electron chi connectivity index (χ0n) is 21.9. The minimum atomic E-state index is -0.0231. The second kappa shape index (κ2) is 23.1. The smallest absolute Gasteiger partial charge is 0.305 e. The van der Waals surface area contributed by atoms with Crippen molar-refractivity contribution in [1.29, 1.82) is 0 Å². The Morgan fingerprint density at radius 3 is 1.47 bits per heavy atom. The highest BCUT2D eigenvalue weighted by atomic mass is 16.5. The molecule has 0 aliphatic heterocycles. The van der Waals surface area contributed by atoms with Gasteiger partial charge in [0.15, 0.2) is 0 Å². The van der Waals surface area contributed by atoms with Crippen molar-refractivity contribution < 1.29 is 19.1 Å². The lowest BCUT2D eigenvalue weighted by Gasteiger charge is -2.20. The lowest BCUT2D eigenvalue weighted by atomic mass is 9.86. The van der Waals surface area contributed by atoms with Crippen LogP contribution in [0, 0.1) is 11.8 Å². The van der Waals surface area contributed by atoms with Crippen molar-refractivity contribution in [3.05, 3.63) is 0 Å². The summed E-state index contributed by atoms with van der Waals surface area (Å²) in [5.41, 5.74) is 0. The highest BCUT2D eigenvalue weighted by Crippen LogP contribution is 2.24. The van der Waals surface area contributed by atoms with Crippen LogP contribution < -0.4 is 0 Å². The molecule has 1 atom stereocenters. The third-order valence-electron chi connectivity index (χ3n) is 6.39. The molecule has 4 heteroatoms. The molecule has 4 nitrogen and oxygen atoms in total. The molecule has 0 aromatic rings. The Kier molecular flexibility index (Phi) is 22.3. The Labute approximate surface area is 199 Å². The number of hydrogen-bond donors (Lipinski definition) is 0. The van der Waals surface area contributed by atoms with Gasteiger partial charge in [0.2, 0.25) is 0 Å². The van der Waals surface area contributed by atoms with Gasteiger partial charge in [-0.2, -0.15) is 0 Å². The fourth-order valence-corrected chi connectivity index (χ4v) is 4.01. The predicted octanol–water partition coefficient (Wildman–Crippen LogP) is 8.41. The Morgan fingerprint density at radius 1 is 0.562 bits per heavy atom. The molecule has 0 amide bonds. The fourth-order valence-electron chi connectivity index (χ4n) is 4.01. The number of unbranched alkanes of at least 4 members (excludes halogenated alkanes) is 11. The minimum absolute atomic E-state index is 0.0176. The first kappa shape index (κ1) is 30.9. The molecule has 0 N–H and O–H groups in total. The second-order valence-corrected chi connectivity index (χ2v) is 9.77. The molecular formula is C28H54O4. The molecule has 0 heterocycles. The fraction of sp³-hybridized carbons (Fsp3) is 0.929. The van der Waals surface area contributed by atoms with Crippen LogP contribution in [0.15, 0.2) is 0 Å². The maximum atomic E-state index is 11.8. The van der Waals surface area contributed by atoms with Crippen molar-refractivity contribution in [3.8, 4) is 0 Å². The van der Waals surface area contributed by atoms with E-state index in [0.29, 0.717) is 37.9 Å². The first-order valence-electron chi connectivity index (χ1n) is 13.8. The monoisotopic (exact) mass is 454 g/mol. The zero-order valence-corrected chi connectivity index (χ0v) is 21.9. The van der Waals surface area contributed by atoms with Gasteiger partial charge in [0.05, 0.1) is 13.2 Å². The van der Waals surface area contributed by atoms with Crippen LogP contribution >= 0.6 is 0 Å². The second-order valence-electron chi connectivity index (χ2n) is 9.77. The van der Waals surface area contributed by atoms with E-state index >= 15 is 0 Å². The van der Waals surface area contributed by atoms with Gasteiger partial charge in [-0.1, -0.05) is 105 Å². The van der Waals surface area contributed by atoms with Crippen LogP contribution in [0.4, 0.5) is 0 Å². The van der Waals surface area contributed by atoms with Gasteiger partial charge >= 0.3 is 11.9 Å². The van der Waals surface area contributed by atoms with Gasteiger partial charge in [0, 0.05) is 12.8 Å². The van der Waals surface area contributed by atoms with E-state index in [2.05, 4.69) is 27.7 Å². The van der Waals surface area contributed by atoms with E-state index in [9.17, 15) is 9.59 Å². The number of hydrogen-bond acceptors (Lipinski definition) is 4. The third kappa shape index (κ3) is 20.8. The van der Waals surface area contributed by atoms with E-state index in [1.165, 1.54) is 57.8 Å². The van der Waals surface area contributed by atoms with Gasteiger partial charge in [0.25, 0.3) is 0 Å². The van der Waals surface area contributed by atoms with E-state index < -0.39 is 0 Å². The summed E-state index contributed by atoms with van der Waals surface area (Å²) >= 11 is 0. The average Bonchev–Trinajstić information content (AvgIpc) is 2.76. The standard InChI is InChI=1S/C28H54O4/c1-5-7-23-31-27(29)20-18-16-14-12-10-9-11-13-15-17-19-26(25(3)4)21-22-28(30)32-24-8-6-2/h25-26H,5-24H2,1-4H3. The molecule has 32 heavy (non-hydrogen) atoms. The summed E-state index contributed by atoms with van der Waals surface area (Å²) in [5, 5.41) is 0. The Balaban J connectivity index is 3.52. The highest BCUT2D eigenvalue weighted by molar-refractivity contribution is 5.69. The first-order valence-corrected chi connectivity index (χ1v) is 13.8. The van der Waals surface area contributed by atoms with Crippen LogP contribution in [0.25, 0.3) is 0 Å². The van der Waals surface area contributed by atoms with Gasteiger partial charge in [-0.25, -0.2) is 0 Å². The van der Waals surface area contributed by atoms with Crippen LogP contribution in [0.2, 0.25) is 0 Å². The first-order chi connectivity index (χ1) is 15.5. The predicted molar refractivity (Wildman–Crippen MR) is 135 cm³/mol. The summed E-state index contributed by atoms with van der Waals surface area (Å²) < 4.78 is 10.5. The molecule has 0 rings (SSSR count). The quantitative estimate of drug-likeness (QED) is 0.115. The Hall–Kier alpha value is -1.06. The zero-order chi connectivity index (χ0) is 23.9. The van der Waals surface area contributed by atoms with Crippen LogP contribution in [0.1, 0.15) is 143 Å². The van der Waals surface area contributed by atoms with Crippen molar-refractivity contribution in [3.63, 3.8) is 0 Å². The van der Waals surface area contributed by atoms with Crippen molar-refractivity contribution in [2.45, 2.75) is 143 Å². The molecule has 0 saturated heterocycles. The van der Waals surface area contributed by atoms with E-state index in [0.717, 1.165) is 44.9 Å². The van der Waals surface area contributed by atoms with Gasteiger partial charge < -0.3 is 9.47 Å². The number of carbonyl (C=O) groups is 2. The molecule has 190 valence electrons. The number of rotatable bonds is 23. The summed E-state index contributed by atoms with van der Waals surface area (Å²) in [5.74, 6) is 1.23. The number of ether oxygens (including phenoxy) is 2. The lowest BCUT2D eigenvalue weighted by molar-refractivity contribution is -0.145. The molecule has 0 bridgehead atoms. The topological polar surface area (TPSA) is 52.6 Å². The molecule has 0 radical (unpaired) electrons. The van der Waals surface area contributed by atoms with Crippen molar-refractivity contribution >= 4 is 11.9 Å². The third-order valence-corrected chi connectivity index (χ3v) is 6.39. The molecular weight excluding hydrogens is 400 g/mol. The lowest BCUT2D eigenvalue weighted by Crippen LogP contribution is -2.13. The van der Waals surface area contributed by atoms with E-state index in [4.69, 9.17) is 9.47 Å². The largest absolute Gasteiger partial charge is 0.466 e. The van der Waals surface area contributed by atoms with E-state index in [1.807, 2.05) is 0 Å². The highest BCUT2D eigenvalue weighted by Gasteiger charge is 2.15. The molecule has 0 aliphatic carbocycles. The molecule has 0 fully saturated rings. The molecule has 1 unspecified atom stereocenters. The average molecular weight is 455 g/mol. The summed E-state index contributed by atoms with van der Waals surface area (Å²) in [7, 11) is 0. The minimum Gasteiger partial charge on any atom is -0.466 e. The summed E-state index contributed by atoms with van der Waals surface area (Å²) in [6, 6.07) is 0. The van der Waals surface area contributed by atoms with Gasteiger partial charge in [-0.15, -0.1) is 0 Å². The van der Waals surface area contributed by atoms with Gasteiger partial charge in [-0.05, 0) is 37.5 Å². The van der Waals surface area contributed by atoms with Gasteiger partial charge in [0.1, 0.15) is 0 Å². The number of carbonyl (C=O) groups excluding carboxylic acids is 2. The van der Waals surface area contributed by atoms with Crippen LogP contribution in [-0.2, 0) is 19.1 Å². The Morgan fingerprint density at radius 2 is 1.00 bits per heavy atom.